The predicted molar refractivity (Wildman–Crippen MR) is 123 cm³/mol. The van der Waals surface area contributed by atoms with Crippen LogP contribution in [0.3, 0.4) is 0 Å². The number of rotatable bonds is 9. The molecule has 2 N–H and O–H groups in total. The quantitative estimate of drug-likeness (QED) is 0.343. The maximum absolute atomic E-state index is 12.6. The normalized spacial score (nSPS) is 13.3. The molecule has 0 spiro atoms. The molecule has 8 nitrogen and oxygen atoms in total. The van der Waals surface area contributed by atoms with E-state index in [0.29, 0.717) is 17.0 Å². The van der Waals surface area contributed by atoms with Crippen molar-refractivity contribution in [3.05, 3.63) is 89.3 Å². The summed E-state index contributed by atoms with van der Waals surface area (Å²) in [6, 6.07) is 13.7. The minimum Gasteiger partial charge on any atom is -0.683 e. The number of hydrogen-bond donors (Lipinski definition) is 2. The number of amides is 1. The molecule has 0 bridgehead atoms. The van der Waals surface area contributed by atoms with Gasteiger partial charge < -0.3 is 25.4 Å². The molecule has 3 rings (SSSR count). The summed E-state index contributed by atoms with van der Waals surface area (Å²) in [6.07, 6.45) is 6.68. The van der Waals surface area contributed by atoms with Crippen molar-refractivity contribution < 1.29 is 23.6 Å². The Kier molecular flexibility index (Phi) is 7.64. The number of nitrogens with zero attached hydrogens (tertiary/aromatic N) is 2. The smallest absolute Gasteiger partial charge is 0.513 e. The van der Waals surface area contributed by atoms with Crippen LogP contribution in [0.15, 0.2) is 72.8 Å². The highest BCUT2D eigenvalue weighted by Gasteiger charge is 2.10. The highest BCUT2D eigenvalue weighted by atomic mass is 16.7. The second-order valence-electron chi connectivity index (χ2n) is 7.05. The van der Waals surface area contributed by atoms with Crippen LogP contribution in [0, 0.1) is 0 Å². The van der Waals surface area contributed by atoms with E-state index in [9.17, 15) is 9.59 Å². The average Bonchev–Trinajstić information content (AvgIpc) is 2.76. The van der Waals surface area contributed by atoms with Gasteiger partial charge in [-0.15, -0.1) is 0 Å². The van der Waals surface area contributed by atoms with Gasteiger partial charge in [0.1, 0.15) is 12.8 Å². The Morgan fingerprint density at radius 2 is 1.94 bits per heavy atom. The second-order valence-corrected chi connectivity index (χ2v) is 7.05. The lowest BCUT2D eigenvalue weighted by molar-refractivity contribution is -0.429. The Bertz CT molecular complexity index is 1060. The van der Waals surface area contributed by atoms with E-state index >= 15 is 0 Å². The Morgan fingerprint density at radius 1 is 1.19 bits per heavy atom. The van der Waals surface area contributed by atoms with Gasteiger partial charge in [0.25, 0.3) is 5.91 Å². The van der Waals surface area contributed by atoms with Crippen LogP contribution in [-0.2, 0) is 4.74 Å². The van der Waals surface area contributed by atoms with E-state index in [1.165, 1.54) is 0 Å². The summed E-state index contributed by atoms with van der Waals surface area (Å²) in [6.45, 7) is 3.90. The van der Waals surface area contributed by atoms with Gasteiger partial charge in [0.15, 0.2) is 18.1 Å². The van der Waals surface area contributed by atoms with Crippen LogP contribution in [0.2, 0.25) is 0 Å². The van der Waals surface area contributed by atoms with Crippen molar-refractivity contribution in [2.75, 3.05) is 19.0 Å². The maximum Gasteiger partial charge on any atom is 0.513 e. The average molecular weight is 434 g/mol. The Labute approximate surface area is 187 Å². The zero-order chi connectivity index (χ0) is 22.9. The minimum absolute atomic E-state index is 0.0776. The first-order chi connectivity index (χ1) is 15.4. The van der Waals surface area contributed by atoms with Gasteiger partial charge in [0.05, 0.1) is 6.61 Å². The van der Waals surface area contributed by atoms with Gasteiger partial charge in [0, 0.05) is 11.3 Å². The largest absolute Gasteiger partial charge is 0.683 e. The Morgan fingerprint density at radius 3 is 2.62 bits per heavy atom. The van der Waals surface area contributed by atoms with Gasteiger partial charge in [-0.05, 0) is 49.5 Å². The molecule has 2 aromatic carbocycles. The highest BCUT2D eigenvalue weighted by molar-refractivity contribution is 6.04. The molecule has 8 heteroatoms. The van der Waals surface area contributed by atoms with Gasteiger partial charge in [-0.3, -0.25) is 4.79 Å². The fraction of sp³-hybridized carbons (Fsp3) is 0.208. The van der Waals surface area contributed by atoms with Crippen molar-refractivity contribution in [1.82, 2.24) is 5.32 Å². The SMILES string of the molecule is CCOC(=O)Oc1ccc(C(=O)Nc2cccc(C(C)[N-]C=CNC3=C[N+](C)=C3)c2)cc1. The van der Waals surface area contributed by atoms with Gasteiger partial charge in [-0.25, -0.2) is 9.37 Å². The molecule has 1 amide bonds. The first-order valence-corrected chi connectivity index (χ1v) is 10.2. The standard InChI is InChI=1S/C24H26N4O4/c1-4-31-24(30)32-22-10-8-18(9-11-22)23(29)27-20-7-5-6-19(14-20)17(2)25-12-13-26-21-15-28(3)16-21/h5-17,26H,4H2,1-3H3,(H,27,29). The molecule has 0 saturated carbocycles. The minimum atomic E-state index is -0.780. The molecule has 1 aliphatic rings. The third kappa shape index (κ3) is 6.46. The van der Waals surface area contributed by atoms with Crippen molar-refractivity contribution in [1.29, 1.82) is 0 Å². The summed E-state index contributed by atoms with van der Waals surface area (Å²) in [4.78, 5) is 23.9. The van der Waals surface area contributed by atoms with Gasteiger partial charge in [0.2, 0.25) is 0 Å². The van der Waals surface area contributed by atoms with E-state index in [1.807, 2.05) is 55.2 Å². The van der Waals surface area contributed by atoms with E-state index in [0.717, 1.165) is 11.3 Å². The molecule has 2 aromatic rings. The number of anilines is 1. The lowest BCUT2D eigenvalue weighted by Crippen LogP contribution is -2.21. The van der Waals surface area contributed by atoms with Crippen LogP contribution in [-0.4, -0.2) is 36.5 Å². The third-order valence-corrected chi connectivity index (χ3v) is 4.53. The summed E-state index contributed by atoms with van der Waals surface area (Å²) in [5.74, 6) is 0.0343. The summed E-state index contributed by atoms with van der Waals surface area (Å²) in [7, 11) is 1.96. The van der Waals surface area contributed by atoms with Crippen molar-refractivity contribution in [3.8, 4) is 5.75 Å². The van der Waals surface area contributed by atoms with Gasteiger partial charge in [-0.2, -0.15) is 6.20 Å². The van der Waals surface area contributed by atoms with Crippen molar-refractivity contribution >= 4 is 24.0 Å². The Hall–Kier alpha value is -4.07. The number of allylic oxidation sites excluding steroid dienone is 1. The number of carbonyl (C=O) groups is 2. The molecule has 1 heterocycles. The third-order valence-electron chi connectivity index (χ3n) is 4.53. The molecule has 1 atom stereocenters. The molecule has 32 heavy (non-hydrogen) atoms. The van der Waals surface area contributed by atoms with Crippen LogP contribution in [0.25, 0.3) is 5.32 Å². The number of ether oxygens (including phenoxy) is 2. The summed E-state index contributed by atoms with van der Waals surface area (Å²) < 4.78 is 11.7. The van der Waals surface area contributed by atoms with Crippen LogP contribution in [0.1, 0.15) is 35.8 Å². The van der Waals surface area contributed by atoms with E-state index in [1.54, 1.807) is 43.6 Å². The van der Waals surface area contributed by atoms with E-state index in [4.69, 9.17) is 9.47 Å². The second kappa shape index (κ2) is 10.8. The lowest BCUT2D eigenvalue weighted by atomic mass is 10.1. The van der Waals surface area contributed by atoms with E-state index in [2.05, 4.69) is 16.0 Å². The van der Waals surface area contributed by atoms with Crippen LogP contribution in [0.5, 0.6) is 5.75 Å². The summed E-state index contributed by atoms with van der Waals surface area (Å²) >= 11 is 0. The van der Waals surface area contributed by atoms with Crippen LogP contribution >= 0.6 is 0 Å². The number of benzene rings is 2. The topological polar surface area (TPSA) is 93.8 Å². The molecule has 0 aliphatic carbocycles. The lowest BCUT2D eigenvalue weighted by Gasteiger charge is -2.26. The zero-order valence-electron chi connectivity index (χ0n) is 18.2. The molecule has 0 saturated heterocycles. The fourth-order valence-electron chi connectivity index (χ4n) is 2.89. The van der Waals surface area contributed by atoms with Crippen molar-refractivity contribution in [2.45, 2.75) is 19.9 Å². The first-order valence-electron chi connectivity index (χ1n) is 10.2. The molecule has 166 valence electrons. The zero-order valence-corrected chi connectivity index (χ0v) is 18.2. The van der Waals surface area contributed by atoms with Gasteiger partial charge >= 0.3 is 6.16 Å². The molecular formula is C24H26N4O4. The maximum atomic E-state index is 12.6. The van der Waals surface area contributed by atoms with Crippen LogP contribution in [0.4, 0.5) is 10.5 Å². The first kappa shape index (κ1) is 22.6. The summed E-state index contributed by atoms with van der Waals surface area (Å²) in [5.41, 5.74) is 3.10. The molecule has 1 aliphatic heterocycles. The molecule has 0 aromatic heterocycles. The predicted octanol–water partition coefficient (Wildman–Crippen LogP) is 4.54. The number of hydrogen-bond acceptors (Lipinski definition) is 5. The molecule has 0 fully saturated rings. The fourth-order valence-corrected chi connectivity index (χ4v) is 2.89. The number of nitrogens with one attached hydrogen (secondary N) is 2. The number of carbonyl (C=O) groups excluding carboxylic acids is 2. The van der Waals surface area contributed by atoms with Gasteiger partial charge in [-0.1, -0.05) is 30.7 Å². The van der Waals surface area contributed by atoms with Crippen molar-refractivity contribution in [2.24, 2.45) is 0 Å². The highest BCUT2D eigenvalue weighted by Crippen LogP contribution is 2.24. The Balaban J connectivity index is 1.53. The van der Waals surface area contributed by atoms with E-state index < -0.39 is 6.16 Å². The molecular weight excluding hydrogens is 408 g/mol. The monoisotopic (exact) mass is 434 g/mol. The summed E-state index contributed by atoms with van der Waals surface area (Å²) in [5, 5.41) is 10.5. The van der Waals surface area contributed by atoms with E-state index in [-0.39, 0.29) is 18.6 Å². The van der Waals surface area contributed by atoms with Crippen LogP contribution < -0.4 is 15.4 Å². The van der Waals surface area contributed by atoms with Crippen molar-refractivity contribution in [3.63, 3.8) is 0 Å². The molecule has 0 radical (unpaired) electrons. The molecule has 1 unspecified atom stereocenters.